The molecule has 0 saturated heterocycles. The number of aliphatic imine (C=N–C) groups is 1. The van der Waals surface area contributed by atoms with Gasteiger partial charge in [0.15, 0.2) is 5.96 Å². The second-order valence-corrected chi connectivity index (χ2v) is 4.29. The third-order valence-corrected chi connectivity index (χ3v) is 2.78. The van der Waals surface area contributed by atoms with Crippen LogP contribution in [0.2, 0.25) is 0 Å². The van der Waals surface area contributed by atoms with E-state index in [9.17, 15) is 0 Å². The lowest BCUT2D eigenvalue weighted by Gasteiger charge is -2.11. The highest BCUT2D eigenvalue weighted by Gasteiger charge is 2.01. The van der Waals surface area contributed by atoms with Gasteiger partial charge in [-0.15, -0.1) is 0 Å². The maximum atomic E-state index is 5.33. The van der Waals surface area contributed by atoms with Gasteiger partial charge in [-0.3, -0.25) is 0 Å². The number of ether oxygens (including phenoxy) is 1. The Bertz CT molecular complexity index is 441. The number of allylic oxidation sites excluding steroid dienone is 1. The number of hydrogen-bond acceptors (Lipinski definition) is 2. The van der Waals surface area contributed by atoms with Crippen LogP contribution >= 0.6 is 0 Å². The molecule has 4 heteroatoms. The maximum Gasteiger partial charge on any atom is 0.191 e. The molecule has 1 aromatic carbocycles. The van der Waals surface area contributed by atoms with Crippen LogP contribution in [0.1, 0.15) is 25.8 Å². The van der Waals surface area contributed by atoms with Crippen molar-refractivity contribution in [1.29, 1.82) is 0 Å². The monoisotopic (exact) mass is 275 g/mol. The molecule has 0 bridgehead atoms. The summed E-state index contributed by atoms with van der Waals surface area (Å²) >= 11 is 0. The number of nitrogens with one attached hydrogen (secondary N) is 2. The van der Waals surface area contributed by atoms with Crippen LogP contribution < -0.4 is 15.4 Å². The summed E-state index contributed by atoms with van der Waals surface area (Å²) in [5.74, 6) is 1.71. The van der Waals surface area contributed by atoms with Crippen LogP contribution in [-0.4, -0.2) is 26.2 Å². The van der Waals surface area contributed by atoms with Gasteiger partial charge in [0.05, 0.1) is 13.7 Å². The van der Waals surface area contributed by atoms with Crippen molar-refractivity contribution >= 4 is 5.96 Å². The second-order valence-electron chi connectivity index (χ2n) is 4.29. The molecule has 1 rings (SSSR count). The Morgan fingerprint density at radius 2 is 2.10 bits per heavy atom. The molecule has 110 valence electrons. The van der Waals surface area contributed by atoms with E-state index in [0.717, 1.165) is 36.8 Å². The average Bonchev–Trinajstić information content (AvgIpc) is 2.49. The number of benzene rings is 1. The molecule has 0 spiro atoms. The van der Waals surface area contributed by atoms with Crippen molar-refractivity contribution in [3.05, 3.63) is 42.0 Å². The Balaban J connectivity index is 2.61. The number of methoxy groups -OCH3 is 1. The van der Waals surface area contributed by atoms with Gasteiger partial charge in [0.1, 0.15) is 5.75 Å². The van der Waals surface area contributed by atoms with Crippen molar-refractivity contribution in [2.45, 2.75) is 26.8 Å². The van der Waals surface area contributed by atoms with Crippen molar-refractivity contribution in [3.8, 4) is 5.75 Å². The van der Waals surface area contributed by atoms with Crippen LogP contribution in [0.3, 0.4) is 0 Å². The van der Waals surface area contributed by atoms with E-state index in [-0.39, 0.29) is 0 Å². The first-order valence-electron chi connectivity index (χ1n) is 7.07. The molecular weight excluding hydrogens is 250 g/mol. The van der Waals surface area contributed by atoms with Gasteiger partial charge in [0, 0.05) is 18.7 Å². The molecule has 2 N–H and O–H groups in total. The number of para-hydroxylation sites is 1. The van der Waals surface area contributed by atoms with E-state index >= 15 is 0 Å². The SMILES string of the molecule is CC=CCCNC(=NCc1ccccc1OC)NCC. The molecule has 0 amide bonds. The van der Waals surface area contributed by atoms with Crippen LogP contribution in [0.5, 0.6) is 5.75 Å². The third kappa shape index (κ3) is 5.78. The molecule has 0 atom stereocenters. The molecule has 0 radical (unpaired) electrons. The zero-order valence-electron chi connectivity index (χ0n) is 12.6. The molecule has 4 nitrogen and oxygen atoms in total. The Morgan fingerprint density at radius 3 is 2.80 bits per heavy atom. The summed E-state index contributed by atoms with van der Waals surface area (Å²) in [5.41, 5.74) is 1.08. The molecule has 0 aliphatic carbocycles. The minimum atomic E-state index is 0.600. The number of nitrogens with zero attached hydrogens (tertiary/aromatic N) is 1. The van der Waals surface area contributed by atoms with E-state index in [0.29, 0.717) is 6.54 Å². The normalized spacial score (nSPS) is 11.7. The fraction of sp³-hybridized carbons (Fsp3) is 0.438. The molecular formula is C16H25N3O. The minimum absolute atomic E-state index is 0.600. The molecule has 20 heavy (non-hydrogen) atoms. The van der Waals surface area contributed by atoms with E-state index in [2.05, 4.69) is 34.7 Å². The van der Waals surface area contributed by atoms with E-state index in [4.69, 9.17) is 4.74 Å². The van der Waals surface area contributed by atoms with Crippen molar-refractivity contribution in [3.63, 3.8) is 0 Å². The van der Waals surface area contributed by atoms with Gasteiger partial charge in [-0.2, -0.15) is 0 Å². The molecule has 0 unspecified atom stereocenters. The van der Waals surface area contributed by atoms with Crippen molar-refractivity contribution < 1.29 is 4.74 Å². The standard InChI is InChI=1S/C16H25N3O/c1-4-6-9-12-18-16(17-5-2)19-13-14-10-7-8-11-15(14)20-3/h4,6-8,10-11H,5,9,12-13H2,1-3H3,(H2,17,18,19). The first kappa shape index (κ1) is 16.1. The molecule has 0 aliphatic heterocycles. The fourth-order valence-corrected chi connectivity index (χ4v) is 1.78. The van der Waals surface area contributed by atoms with Gasteiger partial charge in [-0.1, -0.05) is 30.4 Å². The van der Waals surface area contributed by atoms with Gasteiger partial charge < -0.3 is 15.4 Å². The lowest BCUT2D eigenvalue weighted by molar-refractivity contribution is 0.410. The summed E-state index contributed by atoms with van der Waals surface area (Å²) in [6, 6.07) is 7.95. The predicted molar refractivity (Wildman–Crippen MR) is 85.2 cm³/mol. The summed E-state index contributed by atoms with van der Waals surface area (Å²) < 4.78 is 5.33. The second kappa shape index (κ2) is 9.89. The molecule has 0 aliphatic rings. The maximum absolute atomic E-state index is 5.33. The van der Waals surface area contributed by atoms with Crippen molar-refractivity contribution in [2.24, 2.45) is 4.99 Å². The first-order valence-corrected chi connectivity index (χ1v) is 7.07. The van der Waals surface area contributed by atoms with E-state index < -0.39 is 0 Å². The Kier molecular flexibility index (Phi) is 7.96. The Morgan fingerprint density at radius 1 is 1.30 bits per heavy atom. The number of hydrogen-bond donors (Lipinski definition) is 2. The minimum Gasteiger partial charge on any atom is -0.496 e. The van der Waals surface area contributed by atoms with Crippen LogP contribution in [-0.2, 0) is 6.54 Å². The summed E-state index contributed by atoms with van der Waals surface area (Å²) in [5, 5.41) is 6.55. The summed E-state index contributed by atoms with van der Waals surface area (Å²) in [7, 11) is 1.68. The number of guanidine groups is 1. The van der Waals surface area contributed by atoms with Gasteiger partial charge in [0.2, 0.25) is 0 Å². The molecule has 0 aromatic heterocycles. The van der Waals surface area contributed by atoms with Gasteiger partial charge in [-0.25, -0.2) is 4.99 Å². The van der Waals surface area contributed by atoms with Crippen LogP contribution in [0.4, 0.5) is 0 Å². The number of rotatable bonds is 7. The predicted octanol–water partition coefficient (Wildman–Crippen LogP) is 2.72. The highest BCUT2D eigenvalue weighted by atomic mass is 16.5. The summed E-state index contributed by atoms with van der Waals surface area (Å²) in [6.07, 6.45) is 5.19. The smallest absolute Gasteiger partial charge is 0.191 e. The van der Waals surface area contributed by atoms with Crippen LogP contribution in [0, 0.1) is 0 Å². The van der Waals surface area contributed by atoms with Crippen LogP contribution in [0.25, 0.3) is 0 Å². The van der Waals surface area contributed by atoms with Gasteiger partial charge in [-0.05, 0) is 26.3 Å². The van der Waals surface area contributed by atoms with Crippen molar-refractivity contribution in [2.75, 3.05) is 20.2 Å². The summed E-state index contributed by atoms with van der Waals surface area (Å²) in [6.45, 7) is 6.42. The van der Waals surface area contributed by atoms with Gasteiger partial charge >= 0.3 is 0 Å². The highest BCUT2D eigenvalue weighted by Crippen LogP contribution is 2.17. The molecule has 0 fully saturated rings. The van der Waals surface area contributed by atoms with E-state index in [1.807, 2.05) is 31.2 Å². The lowest BCUT2D eigenvalue weighted by atomic mass is 10.2. The first-order chi connectivity index (χ1) is 9.81. The zero-order chi connectivity index (χ0) is 14.6. The van der Waals surface area contributed by atoms with Gasteiger partial charge in [0.25, 0.3) is 0 Å². The summed E-state index contributed by atoms with van der Waals surface area (Å²) in [4.78, 5) is 4.58. The largest absolute Gasteiger partial charge is 0.496 e. The zero-order valence-corrected chi connectivity index (χ0v) is 12.6. The average molecular weight is 275 g/mol. The fourth-order valence-electron chi connectivity index (χ4n) is 1.78. The van der Waals surface area contributed by atoms with Crippen molar-refractivity contribution in [1.82, 2.24) is 10.6 Å². The van der Waals surface area contributed by atoms with E-state index in [1.165, 1.54) is 0 Å². The quantitative estimate of drug-likeness (QED) is 0.348. The lowest BCUT2D eigenvalue weighted by Crippen LogP contribution is -2.37. The van der Waals surface area contributed by atoms with E-state index in [1.54, 1.807) is 7.11 Å². The Hall–Kier alpha value is -1.97. The molecule has 0 saturated carbocycles. The third-order valence-electron chi connectivity index (χ3n) is 2.78. The Labute approximate surface area is 121 Å². The van der Waals surface area contributed by atoms with Crippen LogP contribution in [0.15, 0.2) is 41.4 Å². The molecule has 1 aromatic rings. The highest BCUT2D eigenvalue weighted by molar-refractivity contribution is 5.79. The topological polar surface area (TPSA) is 45.7 Å². The molecule has 0 heterocycles.